The maximum absolute atomic E-state index is 12.7. The molecule has 2 heterocycles. The summed E-state index contributed by atoms with van der Waals surface area (Å²) in [4.78, 5) is 27.5. The summed E-state index contributed by atoms with van der Waals surface area (Å²) >= 11 is 1.63. The molecule has 114 valence electrons. The van der Waals surface area contributed by atoms with E-state index in [1.807, 2.05) is 24.6 Å². The highest BCUT2D eigenvalue weighted by molar-refractivity contribution is 7.10. The predicted molar refractivity (Wildman–Crippen MR) is 83.0 cm³/mol. The van der Waals surface area contributed by atoms with Gasteiger partial charge in [0.05, 0.1) is 12.0 Å². The molecule has 2 atom stereocenters. The number of amides is 2. The molecule has 0 unspecified atom stereocenters. The zero-order valence-electron chi connectivity index (χ0n) is 12.4. The van der Waals surface area contributed by atoms with Crippen LogP contribution in [0.4, 0.5) is 0 Å². The molecule has 0 spiro atoms. The molecule has 2 fully saturated rings. The van der Waals surface area contributed by atoms with E-state index < -0.39 is 0 Å². The average Bonchev–Trinajstić information content (AvgIpc) is 3.14. The molecule has 1 saturated carbocycles. The largest absolute Gasteiger partial charge is 0.353 e. The van der Waals surface area contributed by atoms with Gasteiger partial charge in [0, 0.05) is 24.4 Å². The van der Waals surface area contributed by atoms with Crippen molar-refractivity contribution in [3.63, 3.8) is 0 Å². The van der Waals surface area contributed by atoms with Crippen molar-refractivity contribution in [2.75, 3.05) is 7.05 Å². The summed E-state index contributed by atoms with van der Waals surface area (Å²) in [5.41, 5.74) is 0. The molecule has 0 radical (unpaired) electrons. The average molecular weight is 306 g/mol. The molecule has 1 aromatic rings. The highest BCUT2D eigenvalue weighted by Crippen LogP contribution is 2.38. The van der Waals surface area contributed by atoms with Gasteiger partial charge in [0.1, 0.15) is 0 Å². The SMILES string of the molecule is CN1C(=O)CC[C@@H](C(=O)NC2CCCC2)[C@H]1c1cccs1. The van der Waals surface area contributed by atoms with Crippen LogP contribution < -0.4 is 5.32 Å². The van der Waals surface area contributed by atoms with E-state index in [0.29, 0.717) is 18.9 Å². The minimum Gasteiger partial charge on any atom is -0.353 e. The molecule has 1 saturated heterocycles. The minimum atomic E-state index is -0.119. The Morgan fingerprint density at radius 1 is 1.33 bits per heavy atom. The second kappa shape index (κ2) is 6.18. The lowest BCUT2D eigenvalue weighted by Gasteiger charge is -2.38. The molecule has 2 aliphatic rings. The number of rotatable bonds is 3. The predicted octanol–water partition coefficient (Wildman–Crippen LogP) is 2.72. The first-order valence-corrected chi connectivity index (χ1v) is 8.64. The number of piperidine rings is 1. The van der Waals surface area contributed by atoms with Crippen LogP contribution in [-0.4, -0.2) is 29.8 Å². The molecule has 0 aromatic carbocycles. The molecule has 0 bridgehead atoms. The maximum atomic E-state index is 12.7. The maximum Gasteiger partial charge on any atom is 0.225 e. The van der Waals surface area contributed by atoms with E-state index in [1.165, 1.54) is 12.8 Å². The van der Waals surface area contributed by atoms with Crippen molar-refractivity contribution < 1.29 is 9.59 Å². The van der Waals surface area contributed by atoms with Crippen LogP contribution in [0.2, 0.25) is 0 Å². The van der Waals surface area contributed by atoms with Crippen molar-refractivity contribution >= 4 is 23.2 Å². The summed E-state index contributed by atoms with van der Waals surface area (Å²) in [6.07, 6.45) is 5.74. The Morgan fingerprint density at radius 3 is 2.76 bits per heavy atom. The van der Waals surface area contributed by atoms with Crippen LogP contribution in [0.15, 0.2) is 17.5 Å². The Bertz CT molecular complexity index is 508. The summed E-state index contributed by atoms with van der Waals surface area (Å²) < 4.78 is 0. The third-order valence-electron chi connectivity index (χ3n) is 4.73. The van der Waals surface area contributed by atoms with Crippen LogP contribution >= 0.6 is 11.3 Å². The highest BCUT2D eigenvalue weighted by atomic mass is 32.1. The van der Waals surface area contributed by atoms with Gasteiger partial charge in [-0.15, -0.1) is 11.3 Å². The van der Waals surface area contributed by atoms with Crippen molar-refractivity contribution in [2.45, 2.75) is 50.6 Å². The van der Waals surface area contributed by atoms with Crippen LogP contribution in [0.1, 0.15) is 49.4 Å². The molecule has 4 nitrogen and oxygen atoms in total. The molecule has 1 aromatic heterocycles. The fourth-order valence-electron chi connectivity index (χ4n) is 3.54. The minimum absolute atomic E-state index is 0.104. The van der Waals surface area contributed by atoms with E-state index in [9.17, 15) is 9.59 Å². The first kappa shape index (κ1) is 14.6. The first-order chi connectivity index (χ1) is 10.2. The fraction of sp³-hybridized carbons (Fsp3) is 0.625. The molecule has 21 heavy (non-hydrogen) atoms. The number of thiophene rings is 1. The molecular weight excluding hydrogens is 284 g/mol. The second-order valence-electron chi connectivity index (χ2n) is 6.10. The zero-order chi connectivity index (χ0) is 14.8. The third-order valence-corrected chi connectivity index (χ3v) is 5.68. The van der Waals surface area contributed by atoms with Gasteiger partial charge in [0.2, 0.25) is 11.8 Å². The summed E-state index contributed by atoms with van der Waals surface area (Å²) in [7, 11) is 1.82. The summed E-state index contributed by atoms with van der Waals surface area (Å²) in [5.74, 6) is 0.143. The lowest BCUT2D eigenvalue weighted by Crippen LogP contribution is -2.47. The Balaban J connectivity index is 1.77. The number of nitrogens with zero attached hydrogens (tertiary/aromatic N) is 1. The third kappa shape index (κ3) is 2.98. The van der Waals surface area contributed by atoms with Crippen LogP contribution in [0.3, 0.4) is 0 Å². The van der Waals surface area contributed by atoms with Crippen LogP contribution in [0, 0.1) is 5.92 Å². The van der Waals surface area contributed by atoms with Gasteiger partial charge in [-0.3, -0.25) is 9.59 Å². The molecule has 1 aliphatic heterocycles. The van der Waals surface area contributed by atoms with E-state index in [-0.39, 0.29) is 23.8 Å². The van der Waals surface area contributed by atoms with Gasteiger partial charge in [-0.1, -0.05) is 18.9 Å². The lowest BCUT2D eigenvalue weighted by atomic mass is 9.87. The quantitative estimate of drug-likeness (QED) is 0.933. The van der Waals surface area contributed by atoms with Crippen molar-refractivity contribution in [1.29, 1.82) is 0 Å². The summed E-state index contributed by atoms with van der Waals surface area (Å²) in [6, 6.07) is 4.25. The van der Waals surface area contributed by atoms with Gasteiger partial charge >= 0.3 is 0 Å². The van der Waals surface area contributed by atoms with Crippen LogP contribution in [0.25, 0.3) is 0 Å². The number of carbonyl (C=O) groups is 2. The van der Waals surface area contributed by atoms with Gasteiger partial charge in [0.15, 0.2) is 0 Å². The van der Waals surface area contributed by atoms with E-state index in [4.69, 9.17) is 0 Å². The van der Waals surface area contributed by atoms with Gasteiger partial charge in [-0.25, -0.2) is 0 Å². The van der Waals surface area contributed by atoms with E-state index in [2.05, 4.69) is 5.32 Å². The van der Waals surface area contributed by atoms with Crippen molar-refractivity contribution in [3.05, 3.63) is 22.4 Å². The second-order valence-corrected chi connectivity index (χ2v) is 7.08. The summed E-state index contributed by atoms with van der Waals surface area (Å²) in [6.45, 7) is 0. The van der Waals surface area contributed by atoms with Crippen molar-refractivity contribution in [2.24, 2.45) is 5.92 Å². The Morgan fingerprint density at radius 2 is 2.10 bits per heavy atom. The number of likely N-dealkylation sites (tertiary alicyclic amines) is 1. The van der Waals surface area contributed by atoms with Crippen molar-refractivity contribution in [3.8, 4) is 0 Å². The molecule has 1 N–H and O–H groups in total. The lowest BCUT2D eigenvalue weighted by molar-refractivity contribution is -0.141. The van der Waals surface area contributed by atoms with Gasteiger partial charge in [0.25, 0.3) is 0 Å². The molecular formula is C16H22N2O2S. The topological polar surface area (TPSA) is 49.4 Å². The zero-order valence-corrected chi connectivity index (χ0v) is 13.2. The summed E-state index contributed by atoms with van der Waals surface area (Å²) in [5, 5.41) is 5.21. The van der Waals surface area contributed by atoms with Crippen LogP contribution in [-0.2, 0) is 9.59 Å². The van der Waals surface area contributed by atoms with E-state index in [0.717, 1.165) is 17.7 Å². The van der Waals surface area contributed by atoms with Gasteiger partial charge in [-0.2, -0.15) is 0 Å². The molecule has 3 rings (SSSR count). The van der Waals surface area contributed by atoms with Crippen molar-refractivity contribution in [1.82, 2.24) is 10.2 Å². The van der Waals surface area contributed by atoms with Gasteiger partial charge < -0.3 is 10.2 Å². The molecule has 5 heteroatoms. The smallest absolute Gasteiger partial charge is 0.225 e. The van der Waals surface area contributed by atoms with E-state index >= 15 is 0 Å². The Hall–Kier alpha value is -1.36. The van der Waals surface area contributed by atoms with Gasteiger partial charge in [-0.05, 0) is 30.7 Å². The van der Waals surface area contributed by atoms with Crippen LogP contribution in [0.5, 0.6) is 0 Å². The number of hydrogen-bond acceptors (Lipinski definition) is 3. The molecule has 2 amide bonds. The number of hydrogen-bond donors (Lipinski definition) is 1. The standard InChI is InChI=1S/C16H22N2O2S/c1-18-14(19)9-8-12(15(18)13-7-4-10-21-13)16(20)17-11-5-2-3-6-11/h4,7,10-12,15H,2-3,5-6,8-9H2,1H3,(H,17,20)/t12-,15+/m1/s1. The normalized spacial score (nSPS) is 27.1. The molecule has 1 aliphatic carbocycles. The number of nitrogens with one attached hydrogen (secondary N) is 1. The van der Waals surface area contributed by atoms with E-state index in [1.54, 1.807) is 16.2 Å². The highest BCUT2D eigenvalue weighted by Gasteiger charge is 2.39. The Kier molecular flexibility index (Phi) is 4.29. The monoisotopic (exact) mass is 306 g/mol. The number of carbonyl (C=O) groups excluding carboxylic acids is 2. The fourth-order valence-corrected chi connectivity index (χ4v) is 4.47. The Labute approximate surface area is 129 Å². The first-order valence-electron chi connectivity index (χ1n) is 7.76.